The first kappa shape index (κ1) is 19.3. The van der Waals surface area contributed by atoms with Crippen molar-refractivity contribution in [2.75, 3.05) is 0 Å². The Balaban J connectivity index is 1.99. The number of amides is 3. The third-order valence-corrected chi connectivity index (χ3v) is 4.23. The predicted octanol–water partition coefficient (Wildman–Crippen LogP) is 3.30. The molecule has 3 aromatic rings. The van der Waals surface area contributed by atoms with Crippen LogP contribution in [0.2, 0.25) is 5.02 Å². The molecule has 1 atom stereocenters. The predicted molar refractivity (Wildman–Crippen MR) is 105 cm³/mol. The first-order valence-corrected chi connectivity index (χ1v) is 8.70. The molecule has 28 heavy (non-hydrogen) atoms. The van der Waals surface area contributed by atoms with Gasteiger partial charge in [0.1, 0.15) is 0 Å². The van der Waals surface area contributed by atoms with E-state index < -0.39 is 24.0 Å². The van der Waals surface area contributed by atoms with Gasteiger partial charge in [0.15, 0.2) is 6.10 Å². The Labute approximate surface area is 165 Å². The van der Waals surface area contributed by atoms with Crippen LogP contribution in [0.15, 0.2) is 54.6 Å². The minimum atomic E-state index is -1.20. The van der Waals surface area contributed by atoms with E-state index >= 15 is 0 Å². The van der Waals surface area contributed by atoms with Crippen LogP contribution in [0.25, 0.3) is 22.2 Å². The third-order valence-electron chi connectivity index (χ3n) is 3.98. The molecule has 3 N–H and O–H groups in total. The van der Waals surface area contributed by atoms with Gasteiger partial charge in [-0.3, -0.25) is 10.1 Å². The topological polar surface area (TPSA) is 111 Å². The lowest BCUT2D eigenvalue weighted by Crippen LogP contribution is -2.42. The highest BCUT2D eigenvalue weighted by molar-refractivity contribution is 6.30. The molecule has 0 unspecified atom stereocenters. The highest BCUT2D eigenvalue weighted by Gasteiger charge is 2.22. The monoisotopic (exact) mass is 397 g/mol. The number of esters is 1. The number of nitrogens with two attached hydrogens (primary N) is 1. The van der Waals surface area contributed by atoms with Crippen molar-refractivity contribution in [3.8, 4) is 11.3 Å². The van der Waals surface area contributed by atoms with Gasteiger partial charge in [-0.05, 0) is 31.2 Å². The first-order chi connectivity index (χ1) is 13.3. The van der Waals surface area contributed by atoms with Gasteiger partial charge in [-0.2, -0.15) is 0 Å². The lowest BCUT2D eigenvalue weighted by atomic mass is 10.0. The number of pyridine rings is 1. The van der Waals surface area contributed by atoms with Crippen LogP contribution in [0, 0.1) is 0 Å². The van der Waals surface area contributed by atoms with Crippen LogP contribution in [0.1, 0.15) is 17.3 Å². The van der Waals surface area contributed by atoms with Gasteiger partial charge in [-0.25, -0.2) is 14.6 Å². The molecule has 0 aliphatic heterocycles. The van der Waals surface area contributed by atoms with Crippen LogP contribution in [-0.2, 0) is 9.53 Å². The van der Waals surface area contributed by atoms with E-state index in [-0.39, 0.29) is 5.56 Å². The Hall–Kier alpha value is -3.45. The van der Waals surface area contributed by atoms with Crippen LogP contribution in [-0.4, -0.2) is 29.0 Å². The van der Waals surface area contributed by atoms with Crippen molar-refractivity contribution in [2.45, 2.75) is 13.0 Å². The van der Waals surface area contributed by atoms with Crippen LogP contribution < -0.4 is 11.1 Å². The molecule has 0 aliphatic carbocycles. The fraction of sp³-hybridized carbons (Fsp3) is 0.100. The molecule has 0 bridgehead atoms. The van der Waals surface area contributed by atoms with Crippen LogP contribution in [0.3, 0.4) is 0 Å². The molecule has 0 aliphatic rings. The Bertz CT molecular complexity index is 1070. The van der Waals surface area contributed by atoms with E-state index in [0.717, 1.165) is 5.56 Å². The number of nitrogens with zero attached hydrogens (tertiary/aromatic N) is 1. The number of hydrogen-bond acceptors (Lipinski definition) is 5. The number of hydrogen-bond donors (Lipinski definition) is 2. The van der Waals surface area contributed by atoms with Crippen molar-refractivity contribution in [1.29, 1.82) is 0 Å². The molecule has 3 rings (SSSR count). The average Bonchev–Trinajstić information content (AvgIpc) is 2.67. The Morgan fingerprint density at radius 2 is 1.79 bits per heavy atom. The molecule has 0 saturated heterocycles. The molecule has 0 radical (unpaired) electrons. The van der Waals surface area contributed by atoms with Crippen molar-refractivity contribution in [2.24, 2.45) is 5.73 Å². The van der Waals surface area contributed by atoms with Gasteiger partial charge in [-0.1, -0.05) is 41.9 Å². The lowest BCUT2D eigenvalue weighted by molar-refractivity contribution is -0.127. The summed E-state index contributed by atoms with van der Waals surface area (Å²) in [6, 6.07) is 14.7. The zero-order valence-electron chi connectivity index (χ0n) is 14.8. The molecular weight excluding hydrogens is 382 g/mol. The molecule has 142 valence electrons. The molecule has 2 aromatic carbocycles. The highest BCUT2D eigenvalue weighted by Crippen LogP contribution is 2.26. The number of primary amides is 1. The number of fused-ring (bicyclic) bond motifs is 1. The van der Waals surface area contributed by atoms with Crippen LogP contribution in [0.5, 0.6) is 0 Å². The van der Waals surface area contributed by atoms with Gasteiger partial charge in [0.25, 0.3) is 5.91 Å². The minimum absolute atomic E-state index is 0.245. The molecule has 0 spiro atoms. The molecule has 0 saturated carbocycles. The number of aromatic nitrogens is 1. The van der Waals surface area contributed by atoms with Crippen molar-refractivity contribution in [1.82, 2.24) is 10.3 Å². The fourth-order valence-corrected chi connectivity index (χ4v) is 2.74. The summed E-state index contributed by atoms with van der Waals surface area (Å²) in [4.78, 5) is 39.9. The van der Waals surface area contributed by atoms with E-state index in [1.807, 2.05) is 5.32 Å². The average molecular weight is 398 g/mol. The van der Waals surface area contributed by atoms with E-state index in [4.69, 9.17) is 22.1 Å². The Morgan fingerprint density at radius 3 is 2.46 bits per heavy atom. The minimum Gasteiger partial charge on any atom is -0.449 e. The number of urea groups is 1. The molecule has 7 nitrogen and oxygen atoms in total. The van der Waals surface area contributed by atoms with Crippen LogP contribution >= 0.6 is 11.6 Å². The van der Waals surface area contributed by atoms with E-state index in [1.165, 1.54) is 6.92 Å². The number of nitrogens with one attached hydrogen (secondary N) is 1. The van der Waals surface area contributed by atoms with Gasteiger partial charge < -0.3 is 10.5 Å². The van der Waals surface area contributed by atoms with E-state index in [9.17, 15) is 14.4 Å². The molecule has 1 heterocycles. The van der Waals surface area contributed by atoms with E-state index in [0.29, 0.717) is 21.6 Å². The molecule has 1 aromatic heterocycles. The maximum atomic E-state index is 12.7. The summed E-state index contributed by atoms with van der Waals surface area (Å²) in [5, 5.41) is 3.04. The van der Waals surface area contributed by atoms with Gasteiger partial charge in [0.05, 0.1) is 16.8 Å². The van der Waals surface area contributed by atoms with Crippen molar-refractivity contribution in [3.63, 3.8) is 0 Å². The zero-order valence-corrected chi connectivity index (χ0v) is 15.6. The number of carbonyl (C=O) groups excluding carboxylic acids is 3. The van der Waals surface area contributed by atoms with Crippen molar-refractivity contribution in [3.05, 3.63) is 65.2 Å². The second-order valence-electron chi connectivity index (χ2n) is 5.98. The summed E-state index contributed by atoms with van der Waals surface area (Å²) in [5.41, 5.74) is 7.07. The maximum Gasteiger partial charge on any atom is 0.339 e. The number of para-hydroxylation sites is 1. The van der Waals surface area contributed by atoms with Crippen molar-refractivity contribution >= 4 is 40.4 Å². The van der Waals surface area contributed by atoms with Gasteiger partial charge >= 0.3 is 12.0 Å². The van der Waals surface area contributed by atoms with Gasteiger partial charge in [-0.15, -0.1) is 0 Å². The van der Waals surface area contributed by atoms with Crippen LogP contribution in [0.4, 0.5) is 4.79 Å². The number of rotatable bonds is 4. The second-order valence-corrected chi connectivity index (χ2v) is 6.42. The summed E-state index contributed by atoms with van der Waals surface area (Å²) in [6.45, 7) is 1.35. The lowest BCUT2D eigenvalue weighted by Gasteiger charge is -2.14. The quantitative estimate of drug-likeness (QED) is 0.656. The second kappa shape index (κ2) is 8.06. The number of carbonyl (C=O) groups is 3. The fourth-order valence-electron chi connectivity index (χ4n) is 2.61. The van der Waals surface area contributed by atoms with Crippen molar-refractivity contribution < 1.29 is 19.1 Å². The Kier molecular flexibility index (Phi) is 5.56. The number of benzene rings is 2. The summed E-state index contributed by atoms with van der Waals surface area (Å²) in [6.07, 6.45) is -1.20. The standard InChI is InChI=1S/C20H16ClN3O4/c1-11(18(25)24-20(22)27)28-19(26)15-10-17(12-6-8-13(21)9-7-12)23-16-5-3-2-4-14(15)16/h2-11H,1H3,(H3,22,24,25,27)/t11-/m1/s1. The zero-order chi connectivity index (χ0) is 20.3. The van der Waals surface area contributed by atoms with E-state index in [1.54, 1.807) is 54.6 Å². The highest BCUT2D eigenvalue weighted by atomic mass is 35.5. The van der Waals surface area contributed by atoms with Gasteiger partial charge in [0, 0.05) is 16.0 Å². The maximum absolute atomic E-state index is 12.7. The number of ether oxygens (including phenoxy) is 1. The third kappa shape index (κ3) is 4.27. The molecule has 0 fully saturated rings. The normalized spacial score (nSPS) is 11.6. The molecule has 8 heteroatoms. The van der Waals surface area contributed by atoms with Gasteiger partial charge in [0.2, 0.25) is 0 Å². The summed E-state index contributed by atoms with van der Waals surface area (Å²) in [7, 11) is 0. The Morgan fingerprint density at radius 1 is 1.11 bits per heavy atom. The smallest absolute Gasteiger partial charge is 0.339 e. The summed E-state index contributed by atoms with van der Waals surface area (Å²) >= 11 is 5.93. The first-order valence-electron chi connectivity index (χ1n) is 8.32. The number of imide groups is 1. The number of halogens is 1. The largest absolute Gasteiger partial charge is 0.449 e. The molecular formula is C20H16ClN3O4. The SMILES string of the molecule is C[C@@H](OC(=O)c1cc(-c2ccc(Cl)cc2)nc2ccccc12)C(=O)NC(N)=O. The summed E-state index contributed by atoms with van der Waals surface area (Å²) in [5.74, 6) is -1.53. The molecule has 3 amide bonds. The van der Waals surface area contributed by atoms with E-state index in [2.05, 4.69) is 4.98 Å². The summed E-state index contributed by atoms with van der Waals surface area (Å²) < 4.78 is 5.21.